The molecule has 0 fully saturated rings. The van der Waals surface area contributed by atoms with Gasteiger partial charge in [0, 0.05) is 5.56 Å². The van der Waals surface area contributed by atoms with Crippen LogP contribution in [-0.2, 0) is 4.79 Å². The minimum Gasteiger partial charge on any atom is -0.480 e. The van der Waals surface area contributed by atoms with Gasteiger partial charge in [-0.05, 0) is 24.0 Å². The zero-order chi connectivity index (χ0) is 15.2. The lowest BCUT2D eigenvalue weighted by Crippen LogP contribution is -2.40. The van der Waals surface area contributed by atoms with E-state index in [1.807, 2.05) is 37.3 Å². The van der Waals surface area contributed by atoms with Gasteiger partial charge in [-0.3, -0.25) is 4.79 Å². The first-order valence-corrected chi connectivity index (χ1v) is 7.45. The first-order chi connectivity index (χ1) is 10.1. The molecule has 110 valence electrons. The minimum atomic E-state index is -1.02. The third-order valence-electron chi connectivity index (χ3n) is 2.98. The molecule has 0 aliphatic carbocycles. The lowest BCUT2D eigenvalue weighted by molar-refractivity contribution is -0.139. The van der Waals surface area contributed by atoms with Crippen LogP contribution in [0.3, 0.4) is 0 Å². The van der Waals surface area contributed by atoms with Crippen molar-refractivity contribution in [1.29, 1.82) is 0 Å². The number of carbonyl (C=O) groups excluding carboxylic acids is 1. The smallest absolute Gasteiger partial charge is 0.326 e. The van der Waals surface area contributed by atoms with E-state index in [0.717, 1.165) is 17.1 Å². The van der Waals surface area contributed by atoms with Crippen LogP contribution < -0.4 is 5.32 Å². The summed E-state index contributed by atoms with van der Waals surface area (Å²) in [5.41, 5.74) is 1.64. The molecule has 0 aliphatic heterocycles. The summed E-state index contributed by atoms with van der Waals surface area (Å²) in [4.78, 5) is 23.5. The Bertz CT molecular complexity index is 625. The molecule has 0 aliphatic rings. The van der Waals surface area contributed by atoms with E-state index in [9.17, 15) is 9.59 Å². The first-order valence-electron chi connectivity index (χ1n) is 6.67. The van der Waals surface area contributed by atoms with E-state index >= 15 is 0 Å². The summed E-state index contributed by atoms with van der Waals surface area (Å²) >= 11 is 1.07. The highest BCUT2D eigenvalue weighted by Gasteiger charge is 2.21. The van der Waals surface area contributed by atoms with Crippen LogP contribution in [0.1, 0.15) is 29.4 Å². The number of nitrogens with zero attached hydrogens (tertiary/aromatic N) is 1. The number of aliphatic carboxylic acids is 1. The van der Waals surface area contributed by atoms with Gasteiger partial charge in [0.1, 0.15) is 10.9 Å². The summed E-state index contributed by atoms with van der Waals surface area (Å²) in [6, 6.07) is 10.4. The fraction of sp³-hybridized carbons (Fsp3) is 0.267. The maximum Gasteiger partial charge on any atom is 0.326 e. The molecule has 5 nitrogen and oxygen atoms in total. The van der Waals surface area contributed by atoms with Gasteiger partial charge in [-0.1, -0.05) is 43.7 Å². The second kappa shape index (κ2) is 6.99. The molecule has 21 heavy (non-hydrogen) atoms. The highest BCUT2D eigenvalue weighted by Crippen LogP contribution is 2.21. The molecule has 2 N–H and O–H groups in total. The third-order valence-corrected chi connectivity index (χ3v) is 3.77. The van der Waals surface area contributed by atoms with Crippen LogP contribution in [0.15, 0.2) is 36.4 Å². The Hall–Kier alpha value is -2.21. The number of carbonyl (C=O) groups is 2. The van der Waals surface area contributed by atoms with Crippen LogP contribution in [0.25, 0.3) is 11.3 Å². The molecule has 6 heteroatoms. The Balaban J connectivity index is 2.10. The predicted octanol–water partition coefficient (Wildman–Crippen LogP) is 2.79. The molecule has 1 aromatic heterocycles. The number of hydrogen-bond donors (Lipinski definition) is 2. The number of carboxylic acid groups (broad SMARTS) is 1. The molecule has 1 aromatic carbocycles. The second-order valence-corrected chi connectivity index (χ2v) is 5.40. The standard InChI is InChI=1S/C15H16N2O3S/c1-2-6-11(15(19)20)16-14(18)13-9-12(17-21-13)10-7-4-3-5-8-10/h3-5,7-9,11H,2,6H2,1H3,(H,16,18)(H,19,20). The fourth-order valence-corrected chi connectivity index (χ4v) is 2.56. The average Bonchev–Trinajstić information content (AvgIpc) is 2.97. The predicted molar refractivity (Wildman–Crippen MR) is 81.3 cm³/mol. The second-order valence-electron chi connectivity index (χ2n) is 4.60. The van der Waals surface area contributed by atoms with Crippen molar-refractivity contribution in [3.05, 3.63) is 41.3 Å². The SMILES string of the molecule is CCCC(NC(=O)c1cc(-c2ccccc2)ns1)C(=O)O. The Morgan fingerprint density at radius 2 is 2.05 bits per heavy atom. The summed E-state index contributed by atoms with van der Waals surface area (Å²) in [7, 11) is 0. The Labute approximate surface area is 126 Å². The first kappa shape index (κ1) is 15.2. The zero-order valence-corrected chi connectivity index (χ0v) is 12.4. The molecule has 1 heterocycles. The Kier molecular flexibility index (Phi) is 5.05. The number of rotatable bonds is 6. The molecule has 0 saturated heterocycles. The average molecular weight is 304 g/mol. The summed E-state index contributed by atoms with van der Waals surface area (Å²) in [5, 5.41) is 11.6. The van der Waals surface area contributed by atoms with E-state index in [1.54, 1.807) is 6.07 Å². The largest absolute Gasteiger partial charge is 0.480 e. The maximum absolute atomic E-state index is 12.1. The van der Waals surface area contributed by atoms with E-state index in [1.165, 1.54) is 0 Å². The molecule has 0 bridgehead atoms. The van der Waals surface area contributed by atoms with E-state index < -0.39 is 17.9 Å². The summed E-state index contributed by atoms with van der Waals surface area (Å²) in [5.74, 6) is -1.41. The number of nitrogens with one attached hydrogen (secondary N) is 1. The third kappa shape index (κ3) is 3.88. The van der Waals surface area contributed by atoms with Crippen molar-refractivity contribution >= 4 is 23.4 Å². The van der Waals surface area contributed by atoms with Crippen molar-refractivity contribution in [2.45, 2.75) is 25.8 Å². The van der Waals surface area contributed by atoms with Crippen molar-refractivity contribution in [3.8, 4) is 11.3 Å². The van der Waals surface area contributed by atoms with Crippen LogP contribution in [0.2, 0.25) is 0 Å². The number of aromatic nitrogens is 1. The summed E-state index contributed by atoms with van der Waals surface area (Å²) in [6.45, 7) is 1.88. The normalized spacial score (nSPS) is 11.9. The number of hydrogen-bond acceptors (Lipinski definition) is 4. The van der Waals surface area contributed by atoms with E-state index in [4.69, 9.17) is 5.11 Å². The zero-order valence-electron chi connectivity index (χ0n) is 11.6. The van der Waals surface area contributed by atoms with Gasteiger partial charge in [0.05, 0.1) is 5.69 Å². The Morgan fingerprint density at radius 3 is 2.67 bits per heavy atom. The van der Waals surface area contributed by atoms with Crippen LogP contribution in [0, 0.1) is 0 Å². The fourth-order valence-electron chi connectivity index (χ4n) is 1.90. The number of carboxylic acids is 1. The molecule has 2 rings (SSSR count). The minimum absolute atomic E-state index is 0.393. The molecule has 1 atom stereocenters. The van der Waals surface area contributed by atoms with Crippen molar-refractivity contribution in [2.24, 2.45) is 0 Å². The van der Waals surface area contributed by atoms with Gasteiger partial charge in [-0.2, -0.15) is 4.37 Å². The van der Waals surface area contributed by atoms with Gasteiger partial charge in [0.15, 0.2) is 0 Å². The number of benzene rings is 1. The van der Waals surface area contributed by atoms with Crippen LogP contribution in [0.5, 0.6) is 0 Å². The van der Waals surface area contributed by atoms with E-state index in [2.05, 4.69) is 9.69 Å². The van der Waals surface area contributed by atoms with Gasteiger partial charge in [0.2, 0.25) is 0 Å². The molecule has 0 saturated carbocycles. The van der Waals surface area contributed by atoms with Gasteiger partial charge in [-0.15, -0.1) is 0 Å². The molecule has 1 unspecified atom stereocenters. The van der Waals surface area contributed by atoms with Crippen LogP contribution >= 0.6 is 11.5 Å². The monoisotopic (exact) mass is 304 g/mol. The van der Waals surface area contributed by atoms with Crippen LogP contribution in [-0.4, -0.2) is 27.4 Å². The van der Waals surface area contributed by atoms with Crippen molar-refractivity contribution in [2.75, 3.05) is 0 Å². The lowest BCUT2D eigenvalue weighted by atomic mass is 10.1. The van der Waals surface area contributed by atoms with Gasteiger partial charge in [-0.25, -0.2) is 4.79 Å². The summed E-state index contributed by atoms with van der Waals surface area (Å²) in [6.07, 6.45) is 1.10. The molecule has 2 aromatic rings. The highest BCUT2D eigenvalue weighted by atomic mass is 32.1. The molecular formula is C15H16N2O3S. The van der Waals surface area contributed by atoms with Crippen LogP contribution in [0.4, 0.5) is 0 Å². The molecular weight excluding hydrogens is 288 g/mol. The lowest BCUT2D eigenvalue weighted by Gasteiger charge is -2.12. The molecule has 0 spiro atoms. The van der Waals surface area contributed by atoms with Crippen molar-refractivity contribution in [3.63, 3.8) is 0 Å². The quantitative estimate of drug-likeness (QED) is 0.860. The topological polar surface area (TPSA) is 79.3 Å². The van der Waals surface area contributed by atoms with E-state index in [-0.39, 0.29) is 0 Å². The summed E-state index contributed by atoms with van der Waals surface area (Å²) < 4.78 is 4.24. The molecule has 0 radical (unpaired) electrons. The highest BCUT2D eigenvalue weighted by molar-refractivity contribution is 7.08. The molecule has 1 amide bonds. The van der Waals surface area contributed by atoms with Crippen molar-refractivity contribution < 1.29 is 14.7 Å². The maximum atomic E-state index is 12.1. The van der Waals surface area contributed by atoms with Gasteiger partial charge >= 0.3 is 5.97 Å². The van der Waals surface area contributed by atoms with E-state index in [0.29, 0.717) is 23.4 Å². The number of amides is 1. The van der Waals surface area contributed by atoms with Crippen molar-refractivity contribution in [1.82, 2.24) is 9.69 Å². The van der Waals surface area contributed by atoms with Gasteiger partial charge < -0.3 is 10.4 Å². The van der Waals surface area contributed by atoms with Gasteiger partial charge in [0.25, 0.3) is 5.91 Å². The Morgan fingerprint density at radius 1 is 1.33 bits per heavy atom.